The van der Waals surface area contributed by atoms with Crippen LogP contribution in [-0.2, 0) is 9.47 Å². The lowest BCUT2D eigenvalue weighted by Crippen LogP contribution is -2.06. The average molecular weight is 563 g/mol. The van der Waals surface area contributed by atoms with E-state index in [2.05, 4.69) is 38.2 Å². The van der Waals surface area contributed by atoms with Crippen LogP contribution in [0.5, 0.6) is 0 Å². The highest BCUT2D eigenvalue weighted by molar-refractivity contribution is 4.82. The smallest absolute Gasteiger partial charge is 0.0700 e. The van der Waals surface area contributed by atoms with E-state index in [0.717, 1.165) is 26.4 Å². The Morgan fingerprint density at radius 3 is 0.825 bits per heavy atom. The predicted molar refractivity (Wildman–Crippen MR) is 181 cm³/mol. The minimum absolute atomic E-state index is 0.761. The van der Waals surface area contributed by atoms with Crippen molar-refractivity contribution in [1.82, 2.24) is 0 Å². The molecule has 0 aromatic carbocycles. The molecule has 0 rings (SSSR count). The van der Waals surface area contributed by atoms with E-state index in [-0.39, 0.29) is 0 Å². The number of allylic oxidation sites excluding steroid dienone is 4. The predicted octanol–water partition coefficient (Wildman–Crippen LogP) is 13.1. The van der Waals surface area contributed by atoms with Gasteiger partial charge in [-0.25, -0.2) is 0 Å². The molecule has 0 heterocycles. The van der Waals surface area contributed by atoms with Gasteiger partial charge in [-0.3, -0.25) is 0 Å². The van der Waals surface area contributed by atoms with Crippen molar-refractivity contribution in [2.24, 2.45) is 0 Å². The Hall–Kier alpha value is -0.600. The summed E-state index contributed by atoms with van der Waals surface area (Å²) < 4.78 is 11.5. The van der Waals surface area contributed by atoms with Crippen LogP contribution in [0.3, 0.4) is 0 Å². The molecule has 0 aromatic rings. The Kier molecular flexibility index (Phi) is 37.8. The van der Waals surface area contributed by atoms with E-state index in [1.165, 1.54) is 180 Å². The molecule has 0 unspecified atom stereocenters. The molecule has 0 aliphatic rings. The van der Waals surface area contributed by atoms with Crippen molar-refractivity contribution in [3.8, 4) is 0 Å². The lowest BCUT2D eigenvalue weighted by atomic mass is 10.1. The van der Waals surface area contributed by atoms with Crippen LogP contribution in [0.4, 0.5) is 0 Å². The van der Waals surface area contributed by atoms with Crippen molar-refractivity contribution < 1.29 is 9.47 Å². The summed E-state index contributed by atoms with van der Waals surface area (Å²) >= 11 is 0. The highest BCUT2D eigenvalue weighted by Crippen LogP contribution is 2.11. The van der Waals surface area contributed by atoms with Gasteiger partial charge in [0.25, 0.3) is 0 Å². The molecule has 0 atom stereocenters. The van der Waals surface area contributed by atoms with Crippen LogP contribution >= 0.6 is 0 Å². The molecular formula is C38H74O2. The zero-order chi connectivity index (χ0) is 28.9. The molecule has 40 heavy (non-hydrogen) atoms. The van der Waals surface area contributed by atoms with Crippen LogP contribution in [0.25, 0.3) is 0 Å². The van der Waals surface area contributed by atoms with Crippen molar-refractivity contribution in [3.63, 3.8) is 0 Å². The van der Waals surface area contributed by atoms with Gasteiger partial charge in [-0.1, -0.05) is 154 Å². The zero-order valence-corrected chi connectivity index (χ0v) is 27.8. The second-order valence-electron chi connectivity index (χ2n) is 12.1. The van der Waals surface area contributed by atoms with Crippen LogP contribution in [0.15, 0.2) is 24.3 Å². The van der Waals surface area contributed by atoms with Gasteiger partial charge in [-0.05, 0) is 64.2 Å². The quantitative estimate of drug-likeness (QED) is 0.0565. The molecule has 0 radical (unpaired) electrons. The molecule has 0 aliphatic heterocycles. The van der Waals surface area contributed by atoms with Gasteiger partial charge in [0.05, 0.1) is 13.2 Å². The van der Waals surface area contributed by atoms with Crippen LogP contribution in [0.2, 0.25) is 0 Å². The third-order valence-corrected chi connectivity index (χ3v) is 7.97. The molecule has 0 spiro atoms. The lowest BCUT2D eigenvalue weighted by molar-refractivity contribution is 0.0448. The van der Waals surface area contributed by atoms with Gasteiger partial charge < -0.3 is 9.47 Å². The van der Waals surface area contributed by atoms with Crippen LogP contribution in [-0.4, -0.2) is 26.4 Å². The standard InChI is InChI=1S/C38H74O2/c1-3-5-7-9-11-13-15-17-19-21-23-25-27-29-31-33-35-39-37-38-40-36-34-32-30-28-26-24-22-20-18-16-14-12-10-8-6-4-2/h17-20H,3-16,21-38H2,1-2H3/b19-17-,20-18-. The Labute approximate surface area is 253 Å². The van der Waals surface area contributed by atoms with Gasteiger partial charge in [0, 0.05) is 13.2 Å². The highest BCUT2D eigenvalue weighted by Gasteiger charge is 1.95. The number of rotatable bonds is 35. The largest absolute Gasteiger partial charge is 0.379 e. The lowest BCUT2D eigenvalue weighted by Gasteiger charge is -2.06. The Bertz CT molecular complexity index is 440. The summed E-state index contributed by atoms with van der Waals surface area (Å²) in [7, 11) is 0. The first-order valence-electron chi connectivity index (χ1n) is 18.4. The summed E-state index contributed by atoms with van der Waals surface area (Å²) in [6.45, 7) is 7.90. The van der Waals surface area contributed by atoms with Crippen molar-refractivity contribution in [1.29, 1.82) is 0 Å². The highest BCUT2D eigenvalue weighted by atomic mass is 16.5. The third-order valence-electron chi connectivity index (χ3n) is 7.97. The summed E-state index contributed by atoms with van der Waals surface area (Å²) in [5.41, 5.74) is 0. The number of hydrogen-bond acceptors (Lipinski definition) is 2. The second kappa shape index (κ2) is 38.4. The number of ether oxygens (including phenoxy) is 2. The van der Waals surface area contributed by atoms with Crippen molar-refractivity contribution in [2.45, 2.75) is 194 Å². The molecule has 0 fully saturated rings. The van der Waals surface area contributed by atoms with E-state index in [1.807, 2.05) is 0 Å². The van der Waals surface area contributed by atoms with E-state index < -0.39 is 0 Å². The SMILES string of the molecule is CCCCCCCC/C=C\CCCCCCCCOCCOCCCCCCCC/C=C\CCCCCCCC. The maximum Gasteiger partial charge on any atom is 0.0700 e. The second-order valence-corrected chi connectivity index (χ2v) is 12.1. The maximum atomic E-state index is 5.75. The van der Waals surface area contributed by atoms with E-state index in [0.29, 0.717) is 0 Å². The minimum Gasteiger partial charge on any atom is -0.379 e. The van der Waals surface area contributed by atoms with Crippen LogP contribution < -0.4 is 0 Å². The van der Waals surface area contributed by atoms with Gasteiger partial charge in [0.1, 0.15) is 0 Å². The van der Waals surface area contributed by atoms with E-state index in [9.17, 15) is 0 Å². The topological polar surface area (TPSA) is 18.5 Å². The fourth-order valence-corrected chi connectivity index (χ4v) is 5.23. The monoisotopic (exact) mass is 563 g/mol. The molecule has 238 valence electrons. The molecular weight excluding hydrogens is 488 g/mol. The fourth-order valence-electron chi connectivity index (χ4n) is 5.23. The first-order valence-corrected chi connectivity index (χ1v) is 18.4. The van der Waals surface area contributed by atoms with Gasteiger partial charge in [-0.15, -0.1) is 0 Å². The molecule has 0 bridgehead atoms. The molecule has 0 N–H and O–H groups in total. The number of hydrogen-bond donors (Lipinski definition) is 0. The summed E-state index contributed by atoms with van der Waals surface area (Å²) in [4.78, 5) is 0. The molecule has 0 saturated heterocycles. The van der Waals surface area contributed by atoms with Gasteiger partial charge in [0.15, 0.2) is 0 Å². The van der Waals surface area contributed by atoms with Gasteiger partial charge in [0.2, 0.25) is 0 Å². The van der Waals surface area contributed by atoms with Crippen LogP contribution in [0, 0.1) is 0 Å². The summed E-state index contributed by atoms with van der Waals surface area (Å²) in [6, 6.07) is 0. The minimum atomic E-state index is 0.761. The van der Waals surface area contributed by atoms with Crippen molar-refractivity contribution in [2.75, 3.05) is 26.4 Å². The Balaban J connectivity index is 3.09. The number of unbranched alkanes of at least 4 members (excludes halogenated alkanes) is 24. The Morgan fingerprint density at radius 2 is 0.525 bits per heavy atom. The van der Waals surface area contributed by atoms with Crippen molar-refractivity contribution >= 4 is 0 Å². The molecule has 0 amide bonds. The maximum absolute atomic E-state index is 5.75. The van der Waals surface area contributed by atoms with Gasteiger partial charge in [-0.2, -0.15) is 0 Å². The zero-order valence-electron chi connectivity index (χ0n) is 27.8. The summed E-state index contributed by atoms with van der Waals surface area (Å²) in [5.74, 6) is 0. The Morgan fingerprint density at radius 1 is 0.275 bits per heavy atom. The van der Waals surface area contributed by atoms with E-state index in [4.69, 9.17) is 9.47 Å². The van der Waals surface area contributed by atoms with Crippen LogP contribution in [0.1, 0.15) is 194 Å². The first-order chi connectivity index (χ1) is 19.9. The molecule has 0 aliphatic carbocycles. The van der Waals surface area contributed by atoms with E-state index >= 15 is 0 Å². The third kappa shape index (κ3) is 37.4. The fraction of sp³-hybridized carbons (Fsp3) is 0.895. The van der Waals surface area contributed by atoms with E-state index in [1.54, 1.807) is 0 Å². The summed E-state index contributed by atoms with van der Waals surface area (Å²) in [6.07, 6.45) is 47.6. The molecule has 2 heteroatoms. The average Bonchev–Trinajstić information content (AvgIpc) is 2.97. The normalized spacial score (nSPS) is 11.9. The molecule has 2 nitrogen and oxygen atoms in total. The summed E-state index contributed by atoms with van der Waals surface area (Å²) in [5, 5.41) is 0. The molecule has 0 saturated carbocycles. The molecule has 0 aromatic heterocycles. The van der Waals surface area contributed by atoms with Gasteiger partial charge >= 0.3 is 0 Å². The van der Waals surface area contributed by atoms with Crippen molar-refractivity contribution in [3.05, 3.63) is 24.3 Å². The first kappa shape index (κ1) is 39.4.